The second kappa shape index (κ2) is 6.22. The van der Waals surface area contributed by atoms with Crippen molar-refractivity contribution in [3.05, 3.63) is 35.7 Å². The zero-order valence-corrected chi connectivity index (χ0v) is 13.5. The number of hydrogen-bond acceptors (Lipinski definition) is 5. The second-order valence-electron chi connectivity index (χ2n) is 6.65. The maximum atomic E-state index is 13.1. The van der Waals surface area contributed by atoms with Gasteiger partial charge in [-0.2, -0.15) is 0 Å². The molecule has 0 aliphatic carbocycles. The van der Waals surface area contributed by atoms with Crippen LogP contribution in [-0.2, 0) is 17.8 Å². The van der Waals surface area contributed by atoms with E-state index in [1.807, 2.05) is 17.0 Å². The lowest BCUT2D eigenvalue weighted by Crippen LogP contribution is -2.43. The molecule has 1 aromatic heterocycles. The van der Waals surface area contributed by atoms with Crippen molar-refractivity contribution in [3.63, 3.8) is 0 Å². The number of rotatable bonds is 2. The SMILES string of the molecule is O=C(C1CCn2nnnc2C1)N1CCCCC1c1cccc(O)c1. The molecule has 2 unspecified atom stereocenters. The molecule has 7 heteroatoms. The van der Waals surface area contributed by atoms with Crippen molar-refractivity contribution in [1.29, 1.82) is 0 Å². The van der Waals surface area contributed by atoms with E-state index in [1.165, 1.54) is 0 Å². The maximum Gasteiger partial charge on any atom is 0.226 e. The Morgan fingerprint density at radius 2 is 2.12 bits per heavy atom. The fraction of sp³-hybridized carbons (Fsp3) is 0.529. The molecule has 2 atom stereocenters. The summed E-state index contributed by atoms with van der Waals surface area (Å²) < 4.78 is 1.78. The number of amides is 1. The standard InChI is InChI=1S/C17H21N5O2/c23-14-5-3-4-12(10-14)15-6-1-2-8-21(15)17(24)13-7-9-22-16(11-13)18-19-20-22/h3-5,10,13,15,23H,1-2,6-9,11H2. The Hall–Kier alpha value is -2.44. The number of carbonyl (C=O) groups is 1. The Balaban J connectivity index is 1.55. The summed E-state index contributed by atoms with van der Waals surface area (Å²) in [5.74, 6) is 1.19. The van der Waals surface area contributed by atoms with Crippen LogP contribution in [0.25, 0.3) is 0 Å². The van der Waals surface area contributed by atoms with Crippen molar-refractivity contribution in [2.45, 2.75) is 44.7 Å². The summed E-state index contributed by atoms with van der Waals surface area (Å²) in [6.07, 6.45) is 4.47. The van der Waals surface area contributed by atoms with E-state index in [0.717, 1.165) is 43.6 Å². The number of nitrogens with zero attached hydrogens (tertiary/aromatic N) is 5. The highest BCUT2D eigenvalue weighted by molar-refractivity contribution is 5.79. The molecule has 0 spiro atoms. The number of carbonyl (C=O) groups excluding carboxylic acids is 1. The minimum atomic E-state index is -0.0543. The Labute approximate surface area is 140 Å². The monoisotopic (exact) mass is 327 g/mol. The third-order valence-corrected chi connectivity index (χ3v) is 5.11. The lowest BCUT2D eigenvalue weighted by molar-refractivity contribution is -0.140. The van der Waals surface area contributed by atoms with E-state index >= 15 is 0 Å². The summed E-state index contributed by atoms with van der Waals surface area (Å²) >= 11 is 0. The van der Waals surface area contributed by atoms with E-state index in [0.29, 0.717) is 13.0 Å². The smallest absolute Gasteiger partial charge is 0.226 e. The lowest BCUT2D eigenvalue weighted by Gasteiger charge is -2.38. The zero-order chi connectivity index (χ0) is 16.5. The summed E-state index contributed by atoms with van der Waals surface area (Å²) in [5.41, 5.74) is 1.02. The molecular weight excluding hydrogens is 306 g/mol. The van der Waals surface area contributed by atoms with Crippen LogP contribution >= 0.6 is 0 Å². The van der Waals surface area contributed by atoms with Crippen LogP contribution in [0.1, 0.15) is 43.1 Å². The van der Waals surface area contributed by atoms with Crippen LogP contribution in [0, 0.1) is 5.92 Å². The van der Waals surface area contributed by atoms with Gasteiger partial charge in [-0.05, 0) is 53.8 Å². The van der Waals surface area contributed by atoms with Gasteiger partial charge in [-0.25, -0.2) is 4.68 Å². The van der Waals surface area contributed by atoms with Crippen LogP contribution in [0.15, 0.2) is 24.3 Å². The number of aryl methyl sites for hydroxylation is 1. The molecular formula is C17H21N5O2. The number of fused-ring (bicyclic) bond motifs is 1. The van der Waals surface area contributed by atoms with Gasteiger partial charge in [-0.1, -0.05) is 12.1 Å². The average molecular weight is 327 g/mol. The number of aromatic hydroxyl groups is 1. The van der Waals surface area contributed by atoms with Crippen LogP contribution in [-0.4, -0.2) is 42.7 Å². The average Bonchev–Trinajstić information content (AvgIpc) is 3.09. The molecule has 2 aliphatic rings. The largest absolute Gasteiger partial charge is 0.508 e. The fourth-order valence-electron chi connectivity index (χ4n) is 3.86. The molecule has 24 heavy (non-hydrogen) atoms. The number of hydrogen-bond donors (Lipinski definition) is 1. The molecule has 1 N–H and O–H groups in total. The van der Waals surface area contributed by atoms with Gasteiger partial charge in [0.05, 0.1) is 6.04 Å². The Morgan fingerprint density at radius 3 is 3.00 bits per heavy atom. The second-order valence-corrected chi connectivity index (χ2v) is 6.65. The van der Waals surface area contributed by atoms with Gasteiger partial charge in [0.1, 0.15) is 5.75 Å². The first-order valence-electron chi connectivity index (χ1n) is 8.57. The minimum Gasteiger partial charge on any atom is -0.508 e. The van der Waals surface area contributed by atoms with Gasteiger partial charge in [-0.3, -0.25) is 4.79 Å². The number of tetrazole rings is 1. The van der Waals surface area contributed by atoms with Gasteiger partial charge in [0, 0.05) is 25.4 Å². The Morgan fingerprint density at radius 1 is 1.21 bits per heavy atom. The quantitative estimate of drug-likeness (QED) is 0.907. The topological polar surface area (TPSA) is 84.1 Å². The first-order valence-corrected chi connectivity index (χ1v) is 8.57. The van der Waals surface area contributed by atoms with Crippen molar-refractivity contribution in [1.82, 2.24) is 25.1 Å². The van der Waals surface area contributed by atoms with Crippen molar-refractivity contribution < 1.29 is 9.90 Å². The minimum absolute atomic E-state index is 0.0521. The van der Waals surface area contributed by atoms with Crippen molar-refractivity contribution >= 4 is 5.91 Å². The van der Waals surface area contributed by atoms with Crippen LogP contribution < -0.4 is 0 Å². The summed E-state index contributed by atoms with van der Waals surface area (Å²) in [4.78, 5) is 15.1. The van der Waals surface area contributed by atoms with Gasteiger partial charge in [0.2, 0.25) is 5.91 Å². The molecule has 1 amide bonds. The van der Waals surface area contributed by atoms with Crippen LogP contribution in [0.4, 0.5) is 0 Å². The van der Waals surface area contributed by atoms with Crippen LogP contribution in [0.2, 0.25) is 0 Å². The van der Waals surface area contributed by atoms with Crippen molar-refractivity contribution in [2.75, 3.05) is 6.54 Å². The predicted molar refractivity (Wildman–Crippen MR) is 86.0 cm³/mol. The van der Waals surface area contributed by atoms with Gasteiger partial charge in [0.15, 0.2) is 5.82 Å². The van der Waals surface area contributed by atoms with E-state index in [9.17, 15) is 9.90 Å². The lowest BCUT2D eigenvalue weighted by atomic mass is 9.90. The molecule has 1 fully saturated rings. The third-order valence-electron chi connectivity index (χ3n) is 5.11. The molecule has 2 aromatic rings. The Bertz CT molecular complexity index is 744. The van der Waals surface area contributed by atoms with E-state index in [-0.39, 0.29) is 23.6 Å². The van der Waals surface area contributed by atoms with Gasteiger partial charge in [-0.15, -0.1) is 5.10 Å². The van der Waals surface area contributed by atoms with Gasteiger partial charge >= 0.3 is 0 Å². The highest BCUT2D eigenvalue weighted by Crippen LogP contribution is 2.34. The highest BCUT2D eigenvalue weighted by atomic mass is 16.3. The molecule has 7 nitrogen and oxygen atoms in total. The van der Waals surface area contributed by atoms with Gasteiger partial charge < -0.3 is 10.0 Å². The fourth-order valence-corrected chi connectivity index (χ4v) is 3.86. The molecule has 0 radical (unpaired) electrons. The summed E-state index contributed by atoms with van der Waals surface area (Å²) in [7, 11) is 0. The molecule has 0 saturated carbocycles. The molecule has 0 bridgehead atoms. The van der Waals surface area contributed by atoms with Crippen LogP contribution in [0.5, 0.6) is 5.75 Å². The molecule has 126 valence electrons. The number of phenols is 1. The zero-order valence-electron chi connectivity index (χ0n) is 13.5. The maximum absolute atomic E-state index is 13.1. The first-order chi connectivity index (χ1) is 11.7. The molecule has 1 aromatic carbocycles. The Kier molecular flexibility index (Phi) is 3.92. The normalized spacial score (nSPS) is 23.8. The molecule has 3 heterocycles. The molecule has 1 saturated heterocycles. The van der Waals surface area contributed by atoms with Crippen molar-refractivity contribution in [3.8, 4) is 5.75 Å². The number of benzene rings is 1. The number of aromatic nitrogens is 4. The molecule has 4 rings (SSSR count). The number of piperidine rings is 1. The number of phenolic OH excluding ortho intramolecular Hbond substituents is 1. The predicted octanol–water partition coefficient (Wildman–Crippen LogP) is 1.69. The highest BCUT2D eigenvalue weighted by Gasteiger charge is 2.35. The third kappa shape index (κ3) is 2.74. The van der Waals surface area contributed by atoms with E-state index in [2.05, 4.69) is 15.5 Å². The summed E-state index contributed by atoms with van der Waals surface area (Å²) in [6.45, 7) is 1.48. The van der Waals surface area contributed by atoms with Crippen molar-refractivity contribution in [2.24, 2.45) is 5.92 Å². The van der Waals surface area contributed by atoms with E-state index in [1.54, 1.807) is 16.8 Å². The summed E-state index contributed by atoms with van der Waals surface area (Å²) in [5, 5.41) is 21.4. The van der Waals surface area contributed by atoms with Crippen LogP contribution in [0.3, 0.4) is 0 Å². The van der Waals surface area contributed by atoms with E-state index in [4.69, 9.17) is 0 Å². The summed E-state index contributed by atoms with van der Waals surface area (Å²) in [6, 6.07) is 7.34. The number of likely N-dealkylation sites (tertiary alicyclic amines) is 1. The van der Waals surface area contributed by atoms with E-state index < -0.39 is 0 Å². The molecule has 2 aliphatic heterocycles. The first kappa shape index (κ1) is 15.1. The van der Waals surface area contributed by atoms with Gasteiger partial charge in [0.25, 0.3) is 0 Å².